The van der Waals surface area contributed by atoms with Crippen LogP contribution < -0.4 is 11.5 Å². The number of hydrogen-bond acceptors (Lipinski definition) is 6. The van der Waals surface area contributed by atoms with Crippen molar-refractivity contribution in [2.24, 2.45) is 0 Å². The lowest BCUT2D eigenvalue weighted by molar-refractivity contribution is 0.330. The molecular formula is C13H17N3O4S. The minimum atomic E-state index is -0.699. The third-order valence-electron chi connectivity index (χ3n) is 3.78. The first-order valence-electron chi connectivity index (χ1n) is 7.04. The number of nitrogens with one attached hydrogen (secondary N) is 1. The fraction of sp³-hybridized carbons (Fsp3) is 0.615. The molecule has 3 rings (SSSR count). The van der Waals surface area contributed by atoms with E-state index in [-0.39, 0.29) is 11.7 Å². The summed E-state index contributed by atoms with van der Waals surface area (Å²) in [6.07, 6.45) is 5.52. The van der Waals surface area contributed by atoms with Crippen molar-refractivity contribution in [1.29, 1.82) is 0 Å². The maximum absolute atomic E-state index is 12.0. The highest BCUT2D eigenvalue weighted by atomic mass is 32.2. The molecular weight excluding hydrogens is 294 g/mol. The van der Waals surface area contributed by atoms with Gasteiger partial charge in [-0.2, -0.15) is 0 Å². The number of nitrogens with zero attached hydrogens (tertiary/aromatic N) is 2. The summed E-state index contributed by atoms with van der Waals surface area (Å²) in [5.74, 6) is 0.661. The van der Waals surface area contributed by atoms with Crippen molar-refractivity contribution in [1.82, 2.24) is 14.8 Å². The smallest absolute Gasteiger partial charge is 0.396 e. The quantitative estimate of drug-likeness (QED) is 0.870. The molecule has 114 valence electrons. The van der Waals surface area contributed by atoms with Crippen LogP contribution in [0.5, 0.6) is 0 Å². The molecule has 0 saturated heterocycles. The Kier molecular flexibility index (Phi) is 4.05. The summed E-state index contributed by atoms with van der Waals surface area (Å²) in [6.45, 7) is 1.68. The number of thioether (sulfide) groups is 1. The predicted octanol–water partition coefficient (Wildman–Crippen LogP) is 2.22. The molecule has 0 aromatic carbocycles. The molecule has 0 amide bonds. The molecule has 1 fully saturated rings. The van der Waals surface area contributed by atoms with Gasteiger partial charge in [0.05, 0.1) is 5.75 Å². The molecule has 0 atom stereocenters. The zero-order chi connectivity index (χ0) is 14.8. The molecule has 8 heteroatoms. The molecule has 7 nitrogen and oxygen atoms in total. The third-order valence-corrected chi connectivity index (χ3v) is 4.73. The molecule has 0 bridgehead atoms. The highest BCUT2D eigenvalue weighted by molar-refractivity contribution is 7.98. The van der Waals surface area contributed by atoms with Gasteiger partial charge in [0, 0.05) is 6.04 Å². The van der Waals surface area contributed by atoms with Crippen LogP contribution in [0, 0.1) is 6.92 Å². The van der Waals surface area contributed by atoms with E-state index in [4.69, 9.17) is 8.83 Å². The van der Waals surface area contributed by atoms with E-state index in [1.54, 1.807) is 11.5 Å². The summed E-state index contributed by atoms with van der Waals surface area (Å²) in [7, 11) is 0. The topological polar surface area (TPSA) is 94.0 Å². The molecule has 0 unspecified atom stereocenters. The normalized spacial score (nSPS) is 16.4. The van der Waals surface area contributed by atoms with Gasteiger partial charge < -0.3 is 8.83 Å². The minimum Gasteiger partial charge on any atom is -0.396 e. The van der Waals surface area contributed by atoms with Crippen LogP contribution >= 0.6 is 11.8 Å². The highest BCUT2D eigenvalue weighted by Crippen LogP contribution is 2.31. The van der Waals surface area contributed by atoms with Crippen LogP contribution in [-0.2, 0) is 5.75 Å². The monoisotopic (exact) mass is 311 g/mol. The Labute approximate surface area is 124 Å². The average Bonchev–Trinajstić information content (AvgIpc) is 3.00. The van der Waals surface area contributed by atoms with Crippen LogP contribution in [0.2, 0.25) is 0 Å². The van der Waals surface area contributed by atoms with E-state index in [0.717, 1.165) is 25.7 Å². The summed E-state index contributed by atoms with van der Waals surface area (Å²) in [4.78, 5) is 23.0. The van der Waals surface area contributed by atoms with Crippen molar-refractivity contribution in [2.45, 2.75) is 56.0 Å². The van der Waals surface area contributed by atoms with Crippen molar-refractivity contribution >= 4 is 11.8 Å². The Hall–Kier alpha value is -1.70. The van der Waals surface area contributed by atoms with Gasteiger partial charge in [0.1, 0.15) is 5.76 Å². The van der Waals surface area contributed by atoms with Gasteiger partial charge in [0.25, 0.3) is 0 Å². The number of aromatic nitrogens is 3. The fourth-order valence-electron chi connectivity index (χ4n) is 2.69. The molecule has 2 aromatic rings. The van der Waals surface area contributed by atoms with Gasteiger partial charge in [-0.15, -0.1) is 5.10 Å². The Morgan fingerprint density at radius 2 is 2.05 bits per heavy atom. The minimum absolute atomic E-state index is 0.172. The Balaban J connectivity index is 1.78. The Morgan fingerprint density at radius 3 is 2.71 bits per heavy atom. The van der Waals surface area contributed by atoms with Crippen LogP contribution in [0.15, 0.2) is 23.6 Å². The molecule has 1 N–H and O–H groups in total. The summed E-state index contributed by atoms with van der Waals surface area (Å²) >= 11 is 1.37. The van der Waals surface area contributed by atoms with E-state index in [0.29, 0.717) is 22.4 Å². The molecule has 1 aliphatic rings. The molecule has 0 aliphatic heterocycles. The maximum atomic E-state index is 12.0. The molecule has 2 heterocycles. The van der Waals surface area contributed by atoms with E-state index in [9.17, 15) is 9.59 Å². The summed E-state index contributed by atoms with van der Waals surface area (Å²) in [6, 6.07) is 0.213. The highest BCUT2D eigenvalue weighted by Gasteiger charge is 2.22. The lowest BCUT2D eigenvalue weighted by Gasteiger charge is -2.22. The van der Waals surface area contributed by atoms with Gasteiger partial charge in [0.15, 0.2) is 10.9 Å². The molecule has 1 saturated carbocycles. The van der Waals surface area contributed by atoms with Crippen LogP contribution in [0.3, 0.4) is 0 Å². The van der Waals surface area contributed by atoms with Gasteiger partial charge in [0.2, 0.25) is 0 Å². The first-order chi connectivity index (χ1) is 10.1. The van der Waals surface area contributed by atoms with E-state index >= 15 is 0 Å². The molecule has 2 aromatic heterocycles. The van der Waals surface area contributed by atoms with Crippen LogP contribution in [0.25, 0.3) is 0 Å². The number of rotatable bonds is 4. The second-order valence-corrected chi connectivity index (χ2v) is 6.14. The number of aromatic amines is 1. The van der Waals surface area contributed by atoms with Crippen molar-refractivity contribution < 1.29 is 8.83 Å². The largest absolute Gasteiger partial charge is 0.519 e. The van der Waals surface area contributed by atoms with Gasteiger partial charge in [-0.25, -0.2) is 14.7 Å². The van der Waals surface area contributed by atoms with Gasteiger partial charge in [-0.1, -0.05) is 31.0 Å². The lowest BCUT2D eigenvalue weighted by atomic mass is 9.95. The SMILES string of the molecule is Cc1oc(=O)oc1CSc1n[nH]c(=O)n1C1CCCCC1. The number of hydrogen-bond donors (Lipinski definition) is 1. The number of H-pyrrole nitrogens is 1. The second kappa shape index (κ2) is 5.97. The molecule has 1 aliphatic carbocycles. The predicted molar refractivity (Wildman–Crippen MR) is 76.5 cm³/mol. The van der Waals surface area contributed by atoms with Crippen molar-refractivity contribution in [3.8, 4) is 0 Å². The third kappa shape index (κ3) is 2.99. The van der Waals surface area contributed by atoms with E-state index in [1.807, 2.05) is 0 Å². The fourth-order valence-corrected chi connectivity index (χ4v) is 3.69. The van der Waals surface area contributed by atoms with Gasteiger partial charge in [-0.05, 0) is 19.8 Å². The van der Waals surface area contributed by atoms with Gasteiger partial charge in [-0.3, -0.25) is 4.57 Å². The Morgan fingerprint density at radius 1 is 1.29 bits per heavy atom. The summed E-state index contributed by atoms with van der Waals surface area (Å²) in [5, 5.41) is 7.23. The first-order valence-corrected chi connectivity index (χ1v) is 8.03. The van der Waals surface area contributed by atoms with Crippen LogP contribution in [-0.4, -0.2) is 14.8 Å². The maximum Gasteiger partial charge on any atom is 0.519 e. The summed E-state index contributed by atoms with van der Waals surface area (Å²) < 4.78 is 11.5. The van der Waals surface area contributed by atoms with E-state index < -0.39 is 5.82 Å². The van der Waals surface area contributed by atoms with Gasteiger partial charge >= 0.3 is 11.5 Å². The first kappa shape index (κ1) is 14.2. The van der Waals surface area contributed by atoms with E-state index in [1.165, 1.54) is 18.2 Å². The Bertz CT molecular complexity index is 720. The standard InChI is InChI=1S/C13H17N3O4S/c1-8-10(20-13(18)19-8)7-21-12-15-14-11(17)16(12)9-5-3-2-4-6-9/h9H,2-7H2,1H3,(H,14,17). The van der Waals surface area contributed by atoms with Crippen LogP contribution in [0.4, 0.5) is 0 Å². The van der Waals surface area contributed by atoms with Crippen molar-refractivity contribution in [3.63, 3.8) is 0 Å². The zero-order valence-electron chi connectivity index (χ0n) is 11.8. The second-order valence-electron chi connectivity index (χ2n) is 5.20. The summed E-state index contributed by atoms with van der Waals surface area (Å²) in [5.41, 5.74) is -0.172. The van der Waals surface area contributed by atoms with Crippen molar-refractivity contribution in [3.05, 3.63) is 32.6 Å². The van der Waals surface area contributed by atoms with E-state index in [2.05, 4.69) is 10.2 Å². The lowest BCUT2D eigenvalue weighted by Crippen LogP contribution is -2.24. The average molecular weight is 311 g/mol. The zero-order valence-corrected chi connectivity index (χ0v) is 12.6. The van der Waals surface area contributed by atoms with Crippen LogP contribution in [0.1, 0.15) is 49.7 Å². The number of aryl methyl sites for hydroxylation is 1. The van der Waals surface area contributed by atoms with Crippen molar-refractivity contribution in [2.75, 3.05) is 0 Å². The molecule has 0 radical (unpaired) electrons. The molecule has 21 heavy (non-hydrogen) atoms. The molecule has 0 spiro atoms.